The largest absolute Gasteiger partial charge is 0.399 e. The van der Waals surface area contributed by atoms with Crippen LogP contribution in [0.4, 0.5) is 5.69 Å². The van der Waals surface area contributed by atoms with Gasteiger partial charge in [-0.05, 0) is 49.9 Å². The van der Waals surface area contributed by atoms with Gasteiger partial charge in [0.15, 0.2) is 0 Å². The number of aryl methyl sites for hydroxylation is 1. The van der Waals surface area contributed by atoms with Gasteiger partial charge in [-0.15, -0.1) is 0 Å². The molecule has 0 saturated carbocycles. The maximum Gasteiger partial charge on any atom is 0.0802 e. The molecule has 1 saturated heterocycles. The molecule has 1 aliphatic rings. The summed E-state index contributed by atoms with van der Waals surface area (Å²) in [5, 5.41) is 13.4. The van der Waals surface area contributed by atoms with E-state index in [0.29, 0.717) is 12.5 Å². The van der Waals surface area contributed by atoms with Gasteiger partial charge < -0.3 is 20.9 Å². The molecule has 0 aromatic heterocycles. The van der Waals surface area contributed by atoms with Gasteiger partial charge in [0.2, 0.25) is 0 Å². The van der Waals surface area contributed by atoms with E-state index in [-0.39, 0.29) is 0 Å². The number of nitrogens with two attached hydrogens (primary N) is 1. The van der Waals surface area contributed by atoms with Gasteiger partial charge in [-0.3, -0.25) is 0 Å². The molecule has 0 radical (unpaired) electrons. The highest BCUT2D eigenvalue weighted by atomic mass is 16.5. The minimum absolute atomic E-state index is 0.354. The van der Waals surface area contributed by atoms with Gasteiger partial charge in [-0.25, -0.2) is 0 Å². The first-order valence-electron chi connectivity index (χ1n) is 7.03. The average Bonchev–Trinajstić information content (AvgIpc) is 2.91. The number of nitrogen functional groups attached to an aromatic ring is 1. The summed E-state index contributed by atoms with van der Waals surface area (Å²) >= 11 is 0. The average molecular weight is 264 g/mol. The number of aliphatic hydroxyl groups excluding tert-OH is 1. The predicted molar refractivity (Wildman–Crippen MR) is 77.0 cm³/mol. The van der Waals surface area contributed by atoms with Gasteiger partial charge in [0.1, 0.15) is 0 Å². The Bertz CT molecular complexity index is 403. The maximum absolute atomic E-state index is 10.1. The van der Waals surface area contributed by atoms with Crippen molar-refractivity contribution in [1.29, 1.82) is 0 Å². The molecule has 0 aliphatic carbocycles. The molecule has 2 rings (SSSR count). The zero-order valence-electron chi connectivity index (χ0n) is 11.6. The summed E-state index contributed by atoms with van der Waals surface area (Å²) in [7, 11) is 0. The summed E-state index contributed by atoms with van der Waals surface area (Å²) in [4.78, 5) is 0. The summed E-state index contributed by atoms with van der Waals surface area (Å²) in [5.41, 5.74) is 8.53. The minimum atomic E-state index is -0.458. The highest BCUT2D eigenvalue weighted by Crippen LogP contribution is 2.21. The van der Waals surface area contributed by atoms with Crippen molar-refractivity contribution in [3.05, 3.63) is 29.3 Å². The standard InChI is InChI=1S/C15H24N2O2/c1-11-4-5-12(9-14(11)16)15(18)6-7-17-10-13-3-2-8-19-13/h4-5,9,13,15,17-18H,2-3,6-8,10,16H2,1H3. The molecule has 19 heavy (non-hydrogen) atoms. The molecule has 4 N–H and O–H groups in total. The normalized spacial score (nSPS) is 20.6. The molecule has 1 aromatic rings. The van der Waals surface area contributed by atoms with Crippen LogP contribution in [0.5, 0.6) is 0 Å². The summed E-state index contributed by atoms with van der Waals surface area (Å²) < 4.78 is 5.53. The highest BCUT2D eigenvalue weighted by molar-refractivity contribution is 5.48. The number of aliphatic hydroxyl groups is 1. The fourth-order valence-electron chi connectivity index (χ4n) is 2.34. The fourth-order valence-corrected chi connectivity index (χ4v) is 2.34. The first kappa shape index (κ1) is 14.3. The van der Waals surface area contributed by atoms with Crippen molar-refractivity contribution >= 4 is 5.69 Å². The molecule has 4 heteroatoms. The highest BCUT2D eigenvalue weighted by Gasteiger charge is 2.15. The number of hydrogen-bond acceptors (Lipinski definition) is 4. The smallest absolute Gasteiger partial charge is 0.0802 e. The van der Waals surface area contributed by atoms with Crippen molar-refractivity contribution in [3.8, 4) is 0 Å². The number of ether oxygens (including phenoxy) is 1. The fraction of sp³-hybridized carbons (Fsp3) is 0.600. The van der Waals surface area contributed by atoms with E-state index in [1.807, 2.05) is 25.1 Å². The van der Waals surface area contributed by atoms with Crippen molar-refractivity contribution in [2.75, 3.05) is 25.4 Å². The van der Waals surface area contributed by atoms with Crippen molar-refractivity contribution in [3.63, 3.8) is 0 Å². The van der Waals surface area contributed by atoms with Gasteiger partial charge >= 0.3 is 0 Å². The Hall–Kier alpha value is -1.10. The van der Waals surface area contributed by atoms with Crippen LogP contribution >= 0.6 is 0 Å². The molecule has 1 fully saturated rings. The molecule has 0 spiro atoms. The lowest BCUT2D eigenvalue weighted by molar-refractivity contribution is 0.107. The molecular formula is C15H24N2O2. The van der Waals surface area contributed by atoms with Crippen LogP contribution in [0.3, 0.4) is 0 Å². The Morgan fingerprint density at radius 1 is 1.53 bits per heavy atom. The van der Waals surface area contributed by atoms with Crippen LogP contribution in [0.25, 0.3) is 0 Å². The molecule has 0 bridgehead atoms. The summed E-state index contributed by atoms with van der Waals surface area (Å²) in [6, 6.07) is 5.75. The van der Waals surface area contributed by atoms with Crippen LogP contribution in [-0.2, 0) is 4.74 Å². The zero-order chi connectivity index (χ0) is 13.7. The summed E-state index contributed by atoms with van der Waals surface area (Å²) in [6.45, 7) is 4.52. The van der Waals surface area contributed by atoms with Crippen LogP contribution in [-0.4, -0.2) is 30.9 Å². The van der Waals surface area contributed by atoms with Crippen LogP contribution < -0.4 is 11.1 Å². The van der Waals surface area contributed by atoms with Crippen LogP contribution in [0.1, 0.15) is 36.5 Å². The third-order valence-electron chi connectivity index (χ3n) is 3.68. The molecular weight excluding hydrogens is 240 g/mol. The molecule has 2 atom stereocenters. The molecule has 1 aromatic carbocycles. The summed E-state index contributed by atoms with van der Waals surface area (Å²) in [5.74, 6) is 0. The molecule has 1 heterocycles. The van der Waals surface area contributed by atoms with Gasteiger partial charge in [-0.2, -0.15) is 0 Å². The Labute approximate surface area is 115 Å². The quantitative estimate of drug-likeness (QED) is 0.541. The van der Waals surface area contributed by atoms with E-state index in [4.69, 9.17) is 10.5 Å². The SMILES string of the molecule is Cc1ccc(C(O)CCNCC2CCCO2)cc1N. The molecule has 1 aliphatic heterocycles. The second kappa shape index (κ2) is 6.89. The van der Waals surface area contributed by atoms with Gasteiger partial charge in [0.25, 0.3) is 0 Å². The van der Waals surface area contributed by atoms with E-state index >= 15 is 0 Å². The third-order valence-corrected chi connectivity index (χ3v) is 3.68. The van der Waals surface area contributed by atoms with Crippen molar-refractivity contribution in [2.24, 2.45) is 0 Å². The lowest BCUT2D eigenvalue weighted by atomic mass is 10.0. The zero-order valence-corrected chi connectivity index (χ0v) is 11.6. The van der Waals surface area contributed by atoms with Crippen molar-refractivity contribution in [2.45, 2.75) is 38.4 Å². The van der Waals surface area contributed by atoms with E-state index in [9.17, 15) is 5.11 Å². The van der Waals surface area contributed by atoms with Crippen LogP contribution in [0.2, 0.25) is 0 Å². The predicted octanol–water partition coefficient (Wildman–Crippen LogP) is 1.77. The number of rotatable bonds is 6. The Balaban J connectivity index is 1.71. The molecule has 4 nitrogen and oxygen atoms in total. The van der Waals surface area contributed by atoms with Gasteiger partial charge in [-0.1, -0.05) is 12.1 Å². The van der Waals surface area contributed by atoms with Crippen molar-refractivity contribution in [1.82, 2.24) is 5.32 Å². The number of hydrogen-bond donors (Lipinski definition) is 3. The maximum atomic E-state index is 10.1. The topological polar surface area (TPSA) is 67.5 Å². The lowest BCUT2D eigenvalue weighted by Crippen LogP contribution is -2.27. The second-order valence-electron chi connectivity index (χ2n) is 5.26. The Kier molecular flexibility index (Phi) is 5.19. The van der Waals surface area contributed by atoms with Crippen molar-refractivity contribution < 1.29 is 9.84 Å². The number of nitrogens with one attached hydrogen (secondary N) is 1. The number of anilines is 1. The monoisotopic (exact) mass is 264 g/mol. The first-order chi connectivity index (χ1) is 9.16. The van der Waals surface area contributed by atoms with Gasteiger partial charge in [0, 0.05) is 18.8 Å². The number of benzene rings is 1. The molecule has 2 unspecified atom stereocenters. The first-order valence-corrected chi connectivity index (χ1v) is 7.03. The third kappa shape index (κ3) is 4.20. The van der Waals surface area contributed by atoms with E-state index in [2.05, 4.69) is 5.32 Å². The van der Waals surface area contributed by atoms with E-state index < -0.39 is 6.10 Å². The van der Waals surface area contributed by atoms with Crippen LogP contribution in [0, 0.1) is 6.92 Å². The van der Waals surface area contributed by atoms with E-state index in [1.54, 1.807) is 0 Å². The summed E-state index contributed by atoms with van der Waals surface area (Å²) in [6.07, 6.45) is 2.89. The Morgan fingerprint density at radius 3 is 3.05 bits per heavy atom. The van der Waals surface area contributed by atoms with E-state index in [1.165, 1.54) is 0 Å². The van der Waals surface area contributed by atoms with Gasteiger partial charge in [0.05, 0.1) is 12.2 Å². The minimum Gasteiger partial charge on any atom is -0.399 e. The molecule has 0 amide bonds. The molecule has 106 valence electrons. The Morgan fingerprint density at radius 2 is 2.37 bits per heavy atom. The van der Waals surface area contributed by atoms with Crippen LogP contribution in [0.15, 0.2) is 18.2 Å². The lowest BCUT2D eigenvalue weighted by Gasteiger charge is -2.14. The second-order valence-corrected chi connectivity index (χ2v) is 5.26. The van der Waals surface area contributed by atoms with E-state index in [0.717, 1.165) is 49.4 Å².